The Hall–Kier alpha value is -3.30. The second-order valence-electron chi connectivity index (χ2n) is 7.04. The maximum absolute atomic E-state index is 13.3. The van der Waals surface area contributed by atoms with Crippen molar-refractivity contribution in [2.45, 2.75) is 19.5 Å². The van der Waals surface area contributed by atoms with Crippen LogP contribution in [0.2, 0.25) is 0 Å². The number of aromatic nitrogens is 2. The zero-order valence-corrected chi connectivity index (χ0v) is 16.9. The number of rotatable bonds is 4. The van der Waals surface area contributed by atoms with Gasteiger partial charge in [-0.1, -0.05) is 12.1 Å². The molecule has 1 amide bonds. The zero-order chi connectivity index (χ0) is 22.1. The molecular formula is C20H23F3N6O. The number of aryl methyl sites for hydroxylation is 1. The van der Waals surface area contributed by atoms with Gasteiger partial charge in [-0.2, -0.15) is 18.3 Å². The van der Waals surface area contributed by atoms with E-state index in [0.717, 1.165) is 10.4 Å². The molecule has 0 bridgehead atoms. The first kappa shape index (κ1) is 21.4. The molecule has 0 radical (unpaired) electrons. The number of benzene rings is 1. The maximum Gasteiger partial charge on any atom is 0.435 e. The molecule has 10 heteroatoms. The lowest BCUT2D eigenvalue weighted by molar-refractivity contribution is -0.141. The van der Waals surface area contributed by atoms with Gasteiger partial charge in [-0.3, -0.25) is 14.9 Å². The van der Waals surface area contributed by atoms with Gasteiger partial charge in [0.25, 0.3) is 0 Å². The second-order valence-corrected chi connectivity index (χ2v) is 7.04. The number of amides is 1. The molecule has 0 saturated carbocycles. The molecule has 7 nitrogen and oxygen atoms in total. The second kappa shape index (κ2) is 8.21. The third kappa shape index (κ3) is 4.47. The first-order valence-electron chi connectivity index (χ1n) is 9.32. The summed E-state index contributed by atoms with van der Waals surface area (Å²) < 4.78 is 41.1. The number of nitrogens with one attached hydrogen (secondary N) is 3. The van der Waals surface area contributed by atoms with Crippen LogP contribution in [0.1, 0.15) is 19.0 Å². The molecule has 1 aromatic heterocycles. The first-order chi connectivity index (χ1) is 14.1. The van der Waals surface area contributed by atoms with Crippen molar-refractivity contribution in [2.75, 3.05) is 25.5 Å². The molecule has 2 heterocycles. The van der Waals surface area contributed by atoms with Crippen molar-refractivity contribution in [1.82, 2.24) is 20.0 Å². The van der Waals surface area contributed by atoms with E-state index in [4.69, 9.17) is 5.41 Å². The van der Waals surface area contributed by atoms with Gasteiger partial charge in [-0.15, -0.1) is 0 Å². The summed E-state index contributed by atoms with van der Waals surface area (Å²) in [6, 6.07) is 6.41. The molecule has 0 spiro atoms. The van der Waals surface area contributed by atoms with Crippen LogP contribution in [0.15, 0.2) is 41.7 Å². The van der Waals surface area contributed by atoms with Gasteiger partial charge in [0.1, 0.15) is 5.84 Å². The molecule has 1 aliphatic heterocycles. The molecule has 0 aliphatic carbocycles. The van der Waals surface area contributed by atoms with Gasteiger partial charge in [0.05, 0.1) is 6.54 Å². The largest absolute Gasteiger partial charge is 0.435 e. The van der Waals surface area contributed by atoms with E-state index >= 15 is 0 Å². The average Bonchev–Trinajstić information content (AvgIpc) is 3.10. The summed E-state index contributed by atoms with van der Waals surface area (Å²) in [4.78, 5) is 13.4. The summed E-state index contributed by atoms with van der Waals surface area (Å²) in [5.74, 6) is 0.0124. The van der Waals surface area contributed by atoms with Gasteiger partial charge in [-0.25, -0.2) is 0 Å². The summed E-state index contributed by atoms with van der Waals surface area (Å²) >= 11 is 0. The number of halogens is 3. The third-order valence-corrected chi connectivity index (χ3v) is 4.93. The fourth-order valence-electron chi connectivity index (χ4n) is 3.43. The van der Waals surface area contributed by atoms with E-state index < -0.39 is 11.9 Å². The van der Waals surface area contributed by atoms with Crippen molar-refractivity contribution < 1.29 is 18.0 Å². The minimum absolute atomic E-state index is 0.0317. The van der Waals surface area contributed by atoms with E-state index in [2.05, 4.69) is 15.7 Å². The van der Waals surface area contributed by atoms with Crippen molar-refractivity contribution in [3.8, 4) is 11.1 Å². The van der Waals surface area contributed by atoms with E-state index in [1.807, 2.05) is 0 Å². The summed E-state index contributed by atoms with van der Waals surface area (Å²) in [6.45, 7) is 2.34. The van der Waals surface area contributed by atoms with Crippen molar-refractivity contribution in [1.29, 1.82) is 5.41 Å². The highest BCUT2D eigenvalue weighted by Crippen LogP contribution is 2.36. The smallest absolute Gasteiger partial charge is 0.391 e. The predicted octanol–water partition coefficient (Wildman–Crippen LogP) is 3.22. The quantitative estimate of drug-likeness (QED) is 0.524. The lowest BCUT2D eigenvalue weighted by Crippen LogP contribution is -2.40. The van der Waals surface area contributed by atoms with Gasteiger partial charge >= 0.3 is 6.18 Å². The highest BCUT2D eigenvalue weighted by Gasteiger charge is 2.37. The Bertz CT molecular complexity index is 1010. The van der Waals surface area contributed by atoms with Crippen molar-refractivity contribution in [3.05, 3.63) is 47.4 Å². The third-order valence-electron chi connectivity index (χ3n) is 4.93. The monoisotopic (exact) mass is 420 g/mol. The van der Waals surface area contributed by atoms with Crippen LogP contribution in [0.25, 0.3) is 11.1 Å². The highest BCUT2D eigenvalue weighted by molar-refractivity contribution is 6.07. The number of amidine groups is 1. The minimum atomic E-state index is -4.57. The molecular weight excluding hydrogens is 397 g/mol. The Morgan fingerprint density at radius 2 is 2.03 bits per heavy atom. The van der Waals surface area contributed by atoms with Crippen LogP contribution in [0.3, 0.4) is 0 Å². The summed E-state index contributed by atoms with van der Waals surface area (Å²) in [5.41, 5.74) is 1.31. The molecule has 30 heavy (non-hydrogen) atoms. The number of carbonyl (C=O) groups is 1. The van der Waals surface area contributed by atoms with Gasteiger partial charge in [-0.05, 0) is 17.7 Å². The molecule has 1 aliphatic rings. The van der Waals surface area contributed by atoms with Crippen molar-refractivity contribution in [2.24, 2.45) is 7.05 Å². The van der Waals surface area contributed by atoms with E-state index in [1.165, 1.54) is 20.2 Å². The van der Waals surface area contributed by atoms with Crippen LogP contribution in [0, 0.1) is 5.41 Å². The van der Waals surface area contributed by atoms with Crippen LogP contribution < -0.4 is 10.6 Å². The topological polar surface area (TPSA) is 86.0 Å². The standard InChI is InChI=1S/C20H23F3N6O/c1-12(30)29-8-7-17(25-2)16(11-29)19(24)26-14-6-4-5-13(9-14)15-10-28(3)27-18(15)20(21,22)23/h4-6,9-10,25H,7-8,11H2,1-3H3,(H2,24,26). The normalized spacial score (nSPS) is 14.7. The van der Waals surface area contributed by atoms with E-state index in [1.54, 1.807) is 36.2 Å². The fraction of sp³-hybridized carbons (Fsp3) is 0.350. The Labute approximate surface area is 172 Å². The Morgan fingerprint density at radius 3 is 2.67 bits per heavy atom. The van der Waals surface area contributed by atoms with Gasteiger partial charge in [0.2, 0.25) is 5.91 Å². The first-order valence-corrected chi connectivity index (χ1v) is 9.32. The molecule has 2 aromatic rings. The Kier molecular flexibility index (Phi) is 5.86. The van der Waals surface area contributed by atoms with E-state index in [9.17, 15) is 18.0 Å². The SMILES string of the molecule is CNC1=C(C(=N)Nc2cccc(-c3cn(C)nc3C(F)(F)F)c2)CN(C(C)=O)CC1. The van der Waals surface area contributed by atoms with Gasteiger partial charge < -0.3 is 15.5 Å². The molecule has 0 saturated heterocycles. The fourth-order valence-corrected chi connectivity index (χ4v) is 3.43. The van der Waals surface area contributed by atoms with Gasteiger partial charge in [0.15, 0.2) is 5.69 Å². The molecule has 0 fully saturated rings. The zero-order valence-electron chi connectivity index (χ0n) is 16.9. The summed E-state index contributed by atoms with van der Waals surface area (Å²) in [7, 11) is 3.19. The molecule has 0 unspecified atom stereocenters. The molecule has 0 atom stereocenters. The number of anilines is 1. The Morgan fingerprint density at radius 1 is 1.30 bits per heavy atom. The number of carbonyl (C=O) groups excluding carboxylic acids is 1. The van der Waals surface area contributed by atoms with Gasteiger partial charge in [0, 0.05) is 62.7 Å². The lowest BCUT2D eigenvalue weighted by Gasteiger charge is -2.30. The van der Waals surface area contributed by atoms with Crippen LogP contribution in [-0.4, -0.2) is 46.6 Å². The minimum Gasteiger partial charge on any atom is -0.391 e. The molecule has 1 aromatic carbocycles. The summed E-state index contributed by atoms with van der Waals surface area (Å²) in [6.07, 6.45) is -2.65. The molecule has 3 rings (SSSR count). The van der Waals surface area contributed by atoms with Crippen LogP contribution in [0.5, 0.6) is 0 Å². The van der Waals surface area contributed by atoms with E-state index in [-0.39, 0.29) is 23.9 Å². The van der Waals surface area contributed by atoms with Crippen LogP contribution in [-0.2, 0) is 18.0 Å². The molecule has 3 N–H and O–H groups in total. The number of nitrogens with zero attached hydrogens (tertiary/aromatic N) is 3. The average molecular weight is 420 g/mol. The highest BCUT2D eigenvalue weighted by atomic mass is 19.4. The van der Waals surface area contributed by atoms with Crippen molar-refractivity contribution in [3.63, 3.8) is 0 Å². The number of hydrogen-bond donors (Lipinski definition) is 3. The summed E-state index contributed by atoms with van der Waals surface area (Å²) in [5, 5.41) is 18.0. The van der Waals surface area contributed by atoms with E-state index in [0.29, 0.717) is 29.8 Å². The number of hydrogen-bond acceptors (Lipinski definition) is 4. The Balaban J connectivity index is 1.88. The van der Waals surface area contributed by atoms with Crippen LogP contribution >= 0.6 is 0 Å². The number of alkyl halides is 3. The predicted molar refractivity (Wildman–Crippen MR) is 108 cm³/mol. The maximum atomic E-state index is 13.3. The van der Waals surface area contributed by atoms with Crippen LogP contribution in [0.4, 0.5) is 18.9 Å². The lowest BCUT2D eigenvalue weighted by atomic mass is 10.0. The molecule has 160 valence electrons. The van der Waals surface area contributed by atoms with Crippen molar-refractivity contribution >= 4 is 17.4 Å².